The highest BCUT2D eigenvalue weighted by Crippen LogP contribution is 2.33. The third-order valence-corrected chi connectivity index (χ3v) is 6.29. The van der Waals surface area contributed by atoms with E-state index in [0.717, 1.165) is 12.0 Å². The fourth-order valence-corrected chi connectivity index (χ4v) is 4.36. The molecule has 7 nitrogen and oxygen atoms in total. The summed E-state index contributed by atoms with van der Waals surface area (Å²) in [4.78, 5) is 12.8. The second-order valence-electron chi connectivity index (χ2n) is 7.10. The Bertz CT molecular complexity index is 995. The number of nitrogens with zero attached hydrogens (tertiary/aromatic N) is 1. The van der Waals surface area contributed by atoms with Gasteiger partial charge in [0.15, 0.2) is 5.75 Å². The molecule has 0 aliphatic carbocycles. The van der Waals surface area contributed by atoms with Gasteiger partial charge in [0.25, 0.3) is 0 Å². The van der Waals surface area contributed by atoms with Crippen LogP contribution < -0.4 is 14.8 Å². The summed E-state index contributed by atoms with van der Waals surface area (Å²) < 4.78 is 36.4. The Labute approximate surface area is 182 Å². The van der Waals surface area contributed by atoms with Crippen molar-refractivity contribution < 1.29 is 22.7 Å². The molecule has 1 atom stereocenters. The van der Waals surface area contributed by atoms with Crippen molar-refractivity contribution in [2.75, 3.05) is 31.3 Å². The molecule has 1 heterocycles. The summed E-state index contributed by atoms with van der Waals surface area (Å²) in [6.07, 6.45) is 2.41. The van der Waals surface area contributed by atoms with Crippen LogP contribution in [-0.2, 0) is 14.8 Å². The number of nitrogens with one attached hydrogen (secondary N) is 1. The van der Waals surface area contributed by atoms with Gasteiger partial charge in [-0.2, -0.15) is 0 Å². The van der Waals surface area contributed by atoms with E-state index in [4.69, 9.17) is 21.1 Å². The van der Waals surface area contributed by atoms with E-state index in [1.54, 1.807) is 42.5 Å². The van der Waals surface area contributed by atoms with Gasteiger partial charge in [0, 0.05) is 18.1 Å². The van der Waals surface area contributed by atoms with E-state index >= 15 is 0 Å². The van der Waals surface area contributed by atoms with Gasteiger partial charge in [0.2, 0.25) is 15.9 Å². The molecule has 0 bridgehead atoms. The Morgan fingerprint density at radius 3 is 2.57 bits per heavy atom. The number of rotatable bonds is 7. The highest BCUT2D eigenvalue weighted by molar-refractivity contribution is 7.88. The number of carbonyl (C=O) groups is 1. The smallest absolute Gasteiger partial charge is 0.228 e. The molecular weight excluding hydrogens is 428 g/mol. The third-order valence-electron chi connectivity index (χ3n) is 4.79. The van der Waals surface area contributed by atoms with E-state index in [1.165, 1.54) is 4.31 Å². The number of anilines is 1. The normalized spacial score (nSPS) is 17.4. The third kappa shape index (κ3) is 5.87. The van der Waals surface area contributed by atoms with Gasteiger partial charge >= 0.3 is 0 Å². The van der Waals surface area contributed by atoms with Gasteiger partial charge in [-0.05, 0) is 62.2 Å². The molecular formula is C21H25ClN2O5S. The number of halogens is 1. The standard InChI is InChI=1S/C21H25ClN2O5S/c1-3-28-17-7-9-18(10-8-17)29-20-11-6-16(22)13-19(20)23-21(25)15-5-4-12-24(14-15)30(2,26)27/h6-11,13,15H,3-5,12,14H2,1-2H3,(H,23,25)/t15-/m1/s1. The SMILES string of the molecule is CCOc1ccc(Oc2ccc(Cl)cc2NC(=O)[C@@H]2CCCN(S(C)(=O)=O)C2)cc1. The molecule has 1 fully saturated rings. The first-order valence-corrected chi connectivity index (χ1v) is 11.9. The van der Waals surface area contributed by atoms with Crippen LogP contribution in [0.15, 0.2) is 42.5 Å². The van der Waals surface area contributed by atoms with Crippen molar-refractivity contribution in [3.05, 3.63) is 47.5 Å². The van der Waals surface area contributed by atoms with E-state index in [2.05, 4.69) is 5.32 Å². The van der Waals surface area contributed by atoms with Gasteiger partial charge in [-0.15, -0.1) is 0 Å². The summed E-state index contributed by atoms with van der Waals surface area (Å²) >= 11 is 6.12. The van der Waals surface area contributed by atoms with Crippen LogP contribution in [0.5, 0.6) is 17.2 Å². The second-order valence-corrected chi connectivity index (χ2v) is 9.52. The fraction of sp³-hybridized carbons (Fsp3) is 0.381. The first-order chi connectivity index (χ1) is 14.3. The maximum Gasteiger partial charge on any atom is 0.228 e. The van der Waals surface area contributed by atoms with E-state index in [-0.39, 0.29) is 12.5 Å². The van der Waals surface area contributed by atoms with Crippen LogP contribution >= 0.6 is 11.6 Å². The first-order valence-electron chi connectivity index (χ1n) is 9.72. The quantitative estimate of drug-likeness (QED) is 0.682. The first kappa shape index (κ1) is 22.4. The average molecular weight is 453 g/mol. The zero-order valence-corrected chi connectivity index (χ0v) is 18.5. The Hall–Kier alpha value is -2.29. The highest BCUT2D eigenvalue weighted by atomic mass is 35.5. The monoisotopic (exact) mass is 452 g/mol. The predicted octanol–water partition coefficient (Wildman–Crippen LogP) is 4.14. The van der Waals surface area contributed by atoms with Crippen LogP contribution in [-0.4, -0.2) is 44.6 Å². The lowest BCUT2D eigenvalue weighted by Crippen LogP contribution is -2.43. The molecule has 2 aromatic carbocycles. The molecule has 0 aromatic heterocycles. The lowest BCUT2D eigenvalue weighted by Gasteiger charge is -2.30. The Balaban J connectivity index is 1.74. The molecule has 3 rings (SSSR count). The molecule has 0 saturated carbocycles. The summed E-state index contributed by atoms with van der Waals surface area (Å²) in [6, 6.07) is 12.1. The zero-order chi connectivity index (χ0) is 21.7. The van der Waals surface area contributed by atoms with Gasteiger partial charge in [-0.1, -0.05) is 11.6 Å². The van der Waals surface area contributed by atoms with Crippen molar-refractivity contribution in [3.8, 4) is 17.2 Å². The minimum absolute atomic E-state index is 0.167. The van der Waals surface area contributed by atoms with E-state index in [9.17, 15) is 13.2 Å². The summed E-state index contributed by atoms with van der Waals surface area (Å²) in [5.41, 5.74) is 0.429. The molecule has 162 valence electrons. The van der Waals surface area contributed by atoms with Crippen molar-refractivity contribution in [2.24, 2.45) is 5.92 Å². The van der Waals surface area contributed by atoms with Crippen molar-refractivity contribution in [3.63, 3.8) is 0 Å². The summed E-state index contributed by atoms with van der Waals surface area (Å²) in [7, 11) is -3.33. The highest BCUT2D eigenvalue weighted by Gasteiger charge is 2.30. The number of piperidine rings is 1. The zero-order valence-electron chi connectivity index (χ0n) is 16.9. The molecule has 0 unspecified atom stereocenters. The Kier molecular flexibility index (Phi) is 7.23. The molecule has 0 spiro atoms. The van der Waals surface area contributed by atoms with Crippen molar-refractivity contribution in [1.29, 1.82) is 0 Å². The van der Waals surface area contributed by atoms with Crippen LogP contribution in [0, 0.1) is 5.92 Å². The van der Waals surface area contributed by atoms with Gasteiger partial charge in [-0.25, -0.2) is 12.7 Å². The van der Waals surface area contributed by atoms with Crippen molar-refractivity contribution in [2.45, 2.75) is 19.8 Å². The molecule has 1 aliphatic rings. The van der Waals surface area contributed by atoms with Gasteiger partial charge in [-0.3, -0.25) is 4.79 Å². The van der Waals surface area contributed by atoms with Crippen LogP contribution in [0.2, 0.25) is 5.02 Å². The molecule has 30 heavy (non-hydrogen) atoms. The average Bonchev–Trinajstić information content (AvgIpc) is 2.71. The molecule has 2 aromatic rings. The second kappa shape index (κ2) is 9.68. The largest absolute Gasteiger partial charge is 0.494 e. The molecule has 9 heteroatoms. The van der Waals surface area contributed by atoms with E-state index in [0.29, 0.717) is 48.2 Å². The fourth-order valence-electron chi connectivity index (χ4n) is 3.28. The van der Waals surface area contributed by atoms with Crippen LogP contribution in [0.4, 0.5) is 5.69 Å². The predicted molar refractivity (Wildman–Crippen MR) is 117 cm³/mol. The number of hydrogen-bond acceptors (Lipinski definition) is 5. The summed E-state index contributed by atoms with van der Waals surface area (Å²) in [6.45, 7) is 3.09. The lowest BCUT2D eigenvalue weighted by atomic mass is 9.98. The van der Waals surface area contributed by atoms with Crippen molar-refractivity contribution in [1.82, 2.24) is 4.31 Å². The number of carbonyl (C=O) groups excluding carboxylic acids is 1. The summed E-state index contributed by atoms with van der Waals surface area (Å²) in [5.74, 6) is 1.06. The molecule has 1 amide bonds. The van der Waals surface area contributed by atoms with Crippen LogP contribution in [0.3, 0.4) is 0 Å². The Morgan fingerprint density at radius 2 is 1.90 bits per heavy atom. The molecule has 1 saturated heterocycles. The number of benzene rings is 2. The topological polar surface area (TPSA) is 84.9 Å². The molecule has 0 radical (unpaired) electrons. The number of sulfonamides is 1. The van der Waals surface area contributed by atoms with Gasteiger partial charge < -0.3 is 14.8 Å². The minimum atomic E-state index is -3.33. The van der Waals surface area contributed by atoms with Gasteiger partial charge in [0.05, 0.1) is 24.5 Å². The van der Waals surface area contributed by atoms with E-state index in [1.807, 2.05) is 6.92 Å². The van der Waals surface area contributed by atoms with Crippen LogP contribution in [0.25, 0.3) is 0 Å². The maximum absolute atomic E-state index is 12.8. The number of ether oxygens (including phenoxy) is 2. The summed E-state index contributed by atoms with van der Waals surface area (Å²) in [5, 5.41) is 3.30. The van der Waals surface area contributed by atoms with Crippen LogP contribution in [0.1, 0.15) is 19.8 Å². The maximum atomic E-state index is 12.8. The van der Waals surface area contributed by atoms with Gasteiger partial charge in [0.1, 0.15) is 11.5 Å². The number of amides is 1. The Morgan fingerprint density at radius 1 is 1.20 bits per heavy atom. The molecule has 1 N–H and O–H groups in total. The van der Waals surface area contributed by atoms with Crippen molar-refractivity contribution >= 4 is 33.2 Å². The minimum Gasteiger partial charge on any atom is -0.494 e. The van der Waals surface area contributed by atoms with E-state index < -0.39 is 15.9 Å². The number of hydrogen-bond donors (Lipinski definition) is 1. The molecule has 1 aliphatic heterocycles. The lowest BCUT2D eigenvalue weighted by molar-refractivity contribution is -0.120.